The van der Waals surface area contributed by atoms with E-state index in [9.17, 15) is 4.79 Å². The van der Waals surface area contributed by atoms with E-state index in [2.05, 4.69) is 31.9 Å². The Balaban J connectivity index is 2.13. The first-order valence-electron chi connectivity index (χ1n) is 8.43. The van der Waals surface area contributed by atoms with Gasteiger partial charge in [-0.2, -0.15) is 9.78 Å². The Morgan fingerprint density at radius 1 is 1.33 bits per heavy atom. The molecule has 0 fully saturated rings. The summed E-state index contributed by atoms with van der Waals surface area (Å²) in [5.74, 6) is 3.66. The smallest absolute Gasteiger partial charge is 0.282 e. The zero-order valence-corrected chi connectivity index (χ0v) is 16.6. The number of hydrogen-bond acceptors (Lipinski definition) is 4. The summed E-state index contributed by atoms with van der Waals surface area (Å²) in [4.78, 5) is 17.6. The van der Waals surface area contributed by atoms with Crippen LogP contribution in [0.5, 0.6) is 5.75 Å². The van der Waals surface area contributed by atoms with Gasteiger partial charge in [0.15, 0.2) is 0 Å². The lowest BCUT2D eigenvalue weighted by molar-refractivity contribution is 0.370. The molecular weight excluding hydrogens is 406 g/mol. The molecule has 136 valence electrons. The highest BCUT2D eigenvalue weighted by molar-refractivity contribution is 9.10. The Labute approximate surface area is 165 Å². The van der Waals surface area contributed by atoms with Gasteiger partial charge in [-0.1, -0.05) is 47.8 Å². The number of benzene rings is 2. The molecule has 3 aromatic rings. The first kappa shape index (κ1) is 18.9. The van der Waals surface area contributed by atoms with Gasteiger partial charge in [0.05, 0.1) is 17.1 Å². The van der Waals surface area contributed by atoms with Crippen molar-refractivity contribution in [1.82, 2.24) is 9.66 Å². The Morgan fingerprint density at radius 2 is 2.11 bits per heavy atom. The molecule has 0 aliphatic rings. The van der Waals surface area contributed by atoms with E-state index in [1.165, 1.54) is 4.68 Å². The van der Waals surface area contributed by atoms with Crippen LogP contribution in [0.3, 0.4) is 0 Å². The molecule has 27 heavy (non-hydrogen) atoms. The van der Waals surface area contributed by atoms with Crippen LogP contribution in [0.15, 0.2) is 56.8 Å². The van der Waals surface area contributed by atoms with Crippen LogP contribution < -0.4 is 10.3 Å². The summed E-state index contributed by atoms with van der Waals surface area (Å²) in [6.07, 6.45) is 6.85. The second-order valence-electron chi connectivity index (χ2n) is 6.18. The summed E-state index contributed by atoms with van der Waals surface area (Å²) in [6.45, 7) is 4.11. The third-order valence-electron chi connectivity index (χ3n) is 3.89. The number of rotatable bonds is 5. The van der Waals surface area contributed by atoms with Gasteiger partial charge >= 0.3 is 0 Å². The molecule has 0 radical (unpaired) electrons. The highest BCUT2D eigenvalue weighted by Gasteiger charge is 2.14. The molecule has 0 unspecified atom stereocenters. The SMILES string of the molecule is C#CCOc1ccccc1C=Nn1c(C(C)C)nc2ccc(Br)cc2c1=O. The molecule has 0 bridgehead atoms. The van der Waals surface area contributed by atoms with Crippen LogP contribution in [0.1, 0.15) is 31.2 Å². The first-order valence-corrected chi connectivity index (χ1v) is 9.22. The van der Waals surface area contributed by atoms with Crippen LogP contribution in [0, 0.1) is 12.3 Å². The first-order chi connectivity index (χ1) is 13.0. The molecule has 0 spiro atoms. The minimum atomic E-state index is -0.219. The van der Waals surface area contributed by atoms with Gasteiger partial charge in [-0.25, -0.2) is 4.98 Å². The fourth-order valence-electron chi connectivity index (χ4n) is 2.61. The lowest BCUT2D eigenvalue weighted by Crippen LogP contribution is -2.23. The van der Waals surface area contributed by atoms with Crippen molar-refractivity contribution >= 4 is 33.0 Å². The van der Waals surface area contributed by atoms with Crippen molar-refractivity contribution in [3.8, 4) is 18.1 Å². The van der Waals surface area contributed by atoms with Gasteiger partial charge in [-0.15, -0.1) is 6.42 Å². The molecule has 2 aromatic carbocycles. The number of halogens is 1. The molecule has 0 amide bonds. The topological polar surface area (TPSA) is 56.5 Å². The fraction of sp³-hybridized carbons (Fsp3) is 0.190. The molecular formula is C21H18BrN3O2. The molecule has 0 saturated heterocycles. The second kappa shape index (κ2) is 8.19. The van der Waals surface area contributed by atoms with Crippen molar-refractivity contribution in [2.75, 3.05) is 6.61 Å². The maximum Gasteiger partial charge on any atom is 0.282 e. The molecule has 1 aromatic heterocycles. The summed E-state index contributed by atoms with van der Waals surface area (Å²) in [6, 6.07) is 12.8. The molecule has 0 atom stereocenters. The van der Waals surface area contributed by atoms with E-state index in [0.29, 0.717) is 22.5 Å². The van der Waals surface area contributed by atoms with Crippen molar-refractivity contribution in [1.29, 1.82) is 0 Å². The number of para-hydroxylation sites is 1. The zero-order valence-electron chi connectivity index (χ0n) is 15.0. The van der Waals surface area contributed by atoms with Gasteiger partial charge in [0.1, 0.15) is 18.2 Å². The minimum Gasteiger partial charge on any atom is -0.480 e. The Hall–Kier alpha value is -2.91. The van der Waals surface area contributed by atoms with Crippen molar-refractivity contribution in [3.05, 3.63) is 68.7 Å². The predicted molar refractivity (Wildman–Crippen MR) is 112 cm³/mol. The molecule has 5 nitrogen and oxygen atoms in total. The molecule has 0 saturated carbocycles. The largest absolute Gasteiger partial charge is 0.480 e. The average Bonchev–Trinajstić information content (AvgIpc) is 2.66. The number of hydrogen-bond donors (Lipinski definition) is 0. The summed E-state index contributed by atoms with van der Waals surface area (Å²) in [5.41, 5.74) is 1.16. The van der Waals surface area contributed by atoms with Gasteiger partial charge in [0, 0.05) is 16.0 Å². The third kappa shape index (κ3) is 4.09. The van der Waals surface area contributed by atoms with E-state index in [4.69, 9.17) is 11.2 Å². The van der Waals surface area contributed by atoms with E-state index in [1.807, 2.05) is 44.2 Å². The van der Waals surface area contributed by atoms with Gasteiger partial charge < -0.3 is 4.74 Å². The lowest BCUT2D eigenvalue weighted by atomic mass is 10.2. The molecule has 6 heteroatoms. The summed E-state index contributed by atoms with van der Waals surface area (Å²) in [7, 11) is 0. The van der Waals surface area contributed by atoms with Gasteiger partial charge in [-0.05, 0) is 30.3 Å². The Kier molecular flexibility index (Phi) is 5.72. The molecule has 3 rings (SSSR count). The Morgan fingerprint density at radius 3 is 2.85 bits per heavy atom. The summed E-state index contributed by atoms with van der Waals surface area (Å²) < 4.78 is 7.69. The van der Waals surface area contributed by atoms with E-state index < -0.39 is 0 Å². The number of ether oxygens (including phenoxy) is 1. The zero-order chi connectivity index (χ0) is 19.4. The van der Waals surface area contributed by atoms with Crippen LogP contribution in [-0.2, 0) is 0 Å². The third-order valence-corrected chi connectivity index (χ3v) is 4.39. The number of aromatic nitrogens is 2. The van der Waals surface area contributed by atoms with Crippen LogP contribution in [0.4, 0.5) is 0 Å². The number of terminal acetylenes is 1. The van der Waals surface area contributed by atoms with Gasteiger partial charge in [0.25, 0.3) is 5.56 Å². The molecule has 0 N–H and O–H groups in total. The highest BCUT2D eigenvalue weighted by atomic mass is 79.9. The lowest BCUT2D eigenvalue weighted by Gasteiger charge is -2.12. The van der Waals surface area contributed by atoms with E-state index >= 15 is 0 Å². The predicted octanol–water partition coefficient (Wildman–Crippen LogP) is 4.18. The second-order valence-corrected chi connectivity index (χ2v) is 7.09. The number of fused-ring (bicyclic) bond motifs is 1. The number of nitrogens with zero attached hydrogens (tertiary/aromatic N) is 3. The summed E-state index contributed by atoms with van der Waals surface area (Å²) in [5, 5.41) is 4.92. The standard InChI is InChI=1S/C21H18BrN3O2/c1-4-11-27-19-8-6-5-7-15(19)13-23-25-20(14(2)3)24-18-10-9-16(22)12-17(18)21(25)26/h1,5-10,12-14H,11H2,2-3H3. The van der Waals surface area contributed by atoms with Crippen LogP contribution in [0.25, 0.3) is 10.9 Å². The van der Waals surface area contributed by atoms with Gasteiger partial charge in [0.2, 0.25) is 0 Å². The maximum atomic E-state index is 13.0. The summed E-state index contributed by atoms with van der Waals surface area (Å²) >= 11 is 3.40. The quantitative estimate of drug-likeness (QED) is 0.456. The van der Waals surface area contributed by atoms with Gasteiger partial charge in [-0.3, -0.25) is 4.79 Å². The van der Waals surface area contributed by atoms with Crippen LogP contribution in [-0.4, -0.2) is 22.5 Å². The van der Waals surface area contributed by atoms with E-state index in [-0.39, 0.29) is 18.1 Å². The van der Waals surface area contributed by atoms with Crippen LogP contribution >= 0.6 is 15.9 Å². The van der Waals surface area contributed by atoms with E-state index in [0.717, 1.165) is 10.0 Å². The normalized spacial score (nSPS) is 11.2. The molecule has 0 aliphatic heterocycles. The Bertz CT molecular complexity index is 1110. The van der Waals surface area contributed by atoms with Crippen molar-refractivity contribution < 1.29 is 4.74 Å². The van der Waals surface area contributed by atoms with Crippen molar-refractivity contribution in [3.63, 3.8) is 0 Å². The average molecular weight is 424 g/mol. The highest BCUT2D eigenvalue weighted by Crippen LogP contribution is 2.20. The van der Waals surface area contributed by atoms with Crippen molar-refractivity contribution in [2.45, 2.75) is 19.8 Å². The monoisotopic (exact) mass is 423 g/mol. The molecule has 0 aliphatic carbocycles. The van der Waals surface area contributed by atoms with Crippen molar-refractivity contribution in [2.24, 2.45) is 5.10 Å². The van der Waals surface area contributed by atoms with Crippen LogP contribution in [0.2, 0.25) is 0 Å². The minimum absolute atomic E-state index is 0.0239. The molecule has 1 heterocycles. The maximum absolute atomic E-state index is 13.0. The van der Waals surface area contributed by atoms with E-state index in [1.54, 1.807) is 18.3 Å². The fourth-order valence-corrected chi connectivity index (χ4v) is 2.97.